The first-order chi connectivity index (χ1) is 9.88. The molecule has 21 heavy (non-hydrogen) atoms. The molecule has 0 spiro atoms. The van der Waals surface area contributed by atoms with Gasteiger partial charge in [-0.1, -0.05) is 0 Å². The molecular formula is C15H20F2N2O2. The SMILES string of the molecule is CCN(CC)C(=O)CN(C)CC(=O)c1cc(F)ccc1F. The van der Waals surface area contributed by atoms with Gasteiger partial charge in [-0.15, -0.1) is 0 Å². The quantitative estimate of drug-likeness (QED) is 0.722. The van der Waals surface area contributed by atoms with E-state index < -0.39 is 17.4 Å². The van der Waals surface area contributed by atoms with Crippen LogP contribution in [0.15, 0.2) is 18.2 Å². The number of halogens is 2. The molecule has 0 aromatic heterocycles. The Morgan fingerprint density at radius 2 is 1.71 bits per heavy atom. The van der Waals surface area contributed by atoms with E-state index >= 15 is 0 Å². The average molecular weight is 298 g/mol. The molecule has 0 aliphatic heterocycles. The fourth-order valence-corrected chi connectivity index (χ4v) is 2.00. The summed E-state index contributed by atoms with van der Waals surface area (Å²) in [6, 6.07) is 2.75. The topological polar surface area (TPSA) is 40.6 Å². The third kappa shape index (κ3) is 4.90. The number of hydrogen-bond donors (Lipinski definition) is 0. The Bertz CT molecular complexity index is 516. The molecule has 0 saturated heterocycles. The van der Waals surface area contributed by atoms with Gasteiger partial charge < -0.3 is 4.90 Å². The predicted molar refractivity (Wildman–Crippen MR) is 76.1 cm³/mol. The minimum absolute atomic E-state index is 0.0599. The first kappa shape index (κ1) is 17.2. The first-order valence-electron chi connectivity index (χ1n) is 6.83. The number of carbonyl (C=O) groups excluding carboxylic acids is 2. The van der Waals surface area contributed by atoms with Crippen LogP contribution in [-0.4, -0.2) is 54.7 Å². The van der Waals surface area contributed by atoms with Crippen molar-refractivity contribution >= 4 is 11.7 Å². The number of nitrogens with zero attached hydrogens (tertiary/aromatic N) is 2. The molecule has 116 valence electrons. The van der Waals surface area contributed by atoms with Gasteiger partial charge in [-0.3, -0.25) is 14.5 Å². The summed E-state index contributed by atoms with van der Waals surface area (Å²) in [6.45, 7) is 4.84. The molecule has 1 amide bonds. The number of carbonyl (C=O) groups is 2. The number of Topliss-reactive ketones (excluding diaryl/α,β-unsaturated/α-hetero) is 1. The van der Waals surface area contributed by atoms with Gasteiger partial charge in [0.25, 0.3) is 0 Å². The fourth-order valence-electron chi connectivity index (χ4n) is 2.00. The summed E-state index contributed by atoms with van der Waals surface area (Å²) in [5.74, 6) is -2.08. The highest BCUT2D eigenvalue weighted by molar-refractivity contribution is 5.98. The Kier molecular flexibility index (Phi) is 6.42. The van der Waals surface area contributed by atoms with E-state index in [1.807, 2.05) is 13.8 Å². The van der Waals surface area contributed by atoms with Crippen LogP contribution in [0.5, 0.6) is 0 Å². The van der Waals surface area contributed by atoms with Crippen molar-refractivity contribution in [2.45, 2.75) is 13.8 Å². The van der Waals surface area contributed by atoms with Crippen LogP contribution in [0, 0.1) is 11.6 Å². The second-order valence-electron chi connectivity index (χ2n) is 4.79. The van der Waals surface area contributed by atoms with Crippen molar-refractivity contribution in [3.8, 4) is 0 Å². The molecule has 1 rings (SSSR count). The Labute approximate surface area is 123 Å². The Morgan fingerprint density at radius 1 is 1.10 bits per heavy atom. The lowest BCUT2D eigenvalue weighted by Gasteiger charge is -2.22. The van der Waals surface area contributed by atoms with Crippen molar-refractivity contribution < 1.29 is 18.4 Å². The van der Waals surface area contributed by atoms with Crippen LogP contribution in [0.4, 0.5) is 8.78 Å². The van der Waals surface area contributed by atoms with Gasteiger partial charge in [0.05, 0.1) is 18.7 Å². The summed E-state index contributed by atoms with van der Waals surface area (Å²) < 4.78 is 26.5. The van der Waals surface area contributed by atoms with Crippen LogP contribution in [-0.2, 0) is 4.79 Å². The highest BCUT2D eigenvalue weighted by atomic mass is 19.1. The van der Waals surface area contributed by atoms with Crippen LogP contribution in [0.25, 0.3) is 0 Å². The lowest BCUT2D eigenvalue weighted by atomic mass is 10.1. The van der Waals surface area contributed by atoms with Crippen LogP contribution in [0.1, 0.15) is 24.2 Å². The van der Waals surface area contributed by atoms with Gasteiger partial charge in [-0.2, -0.15) is 0 Å². The van der Waals surface area contributed by atoms with E-state index in [1.165, 1.54) is 4.90 Å². The number of likely N-dealkylation sites (N-methyl/N-ethyl adjacent to an activating group) is 2. The maximum Gasteiger partial charge on any atom is 0.236 e. The van der Waals surface area contributed by atoms with Gasteiger partial charge >= 0.3 is 0 Å². The number of benzene rings is 1. The highest BCUT2D eigenvalue weighted by Gasteiger charge is 2.18. The number of hydrogen-bond acceptors (Lipinski definition) is 3. The third-order valence-electron chi connectivity index (χ3n) is 3.16. The summed E-state index contributed by atoms with van der Waals surface area (Å²) in [5, 5.41) is 0. The predicted octanol–water partition coefficient (Wildman–Crippen LogP) is 1.95. The summed E-state index contributed by atoms with van der Waals surface area (Å²) in [5.41, 5.74) is -0.294. The van der Waals surface area contributed by atoms with Crippen molar-refractivity contribution in [1.29, 1.82) is 0 Å². The Balaban J connectivity index is 2.66. The maximum absolute atomic E-state index is 13.5. The van der Waals surface area contributed by atoms with Gasteiger partial charge in [0.1, 0.15) is 11.6 Å². The summed E-state index contributed by atoms with van der Waals surface area (Å²) in [7, 11) is 1.59. The van der Waals surface area contributed by atoms with Gasteiger partial charge in [-0.25, -0.2) is 8.78 Å². The number of amides is 1. The van der Waals surface area contributed by atoms with Gasteiger partial charge in [0, 0.05) is 13.1 Å². The van der Waals surface area contributed by atoms with Crippen molar-refractivity contribution in [1.82, 2.24) is 9.80 Å². The molecule has 0 heterocycles. The zero-order valence-corrected chi connectivity index (χ0v) is 12.5. The fraction of sp³-hybridized carbons (Fsp3) is 0.467. The summed E-state index contributed by atoms with van der Waals surface area (Å²) in [4.78, 5) is 27.0. The minimum Gasteiger partial charge on any atom is -0.342 e. The number of rotatable bonds is 7. The highest BCUT2D eigenvalue weighted by Crippen LogP contribution is 2.11. The van der Waals surface area contributed by atoms with Gasteiger partial charge in [-0.05, 0) is 39.1 Å². The van der Waals surface area contributed by atoms with E-state index in [1.54, 1.807) is 11.9 Å². The first-order valence-corrected chi connectivity index (χ1v) is 6.83. The molecule has 0 aliphatic carbocycles. The Morgan fingerprint density at radius 3 is 2.29 bits per heavy atom. The molecular weight excluding hydrogens is 278 g/mol. The van der Waals surface area contributed by atoms with Crippen molar-refractivity contribution in [2.24, 2.45) is 0 Å². The monoisotopic (exact) mass is 298 g/mol. The van der Waals surface area contributed by atoms with Crippen LogP contribution in [0.3, 0.4) is 0 Å². The third-order valence-corrected chi connectivity index (χ3v) is 3.16. The smallest absolute Gasteiger partial charge is 0.236 e. The zero-order chi connectivity index (χ0) is 16.0. The molecule has 0 radical (unpaired) electrons. The molecule has 0 aliphatic rings. The lowest BCUT2D eigenvalue weighted by molar-refractivity contribution is -0.131. The van der Waals surface area contributed by atoms with E-state index in [0.29, 0.717) is 13.1 Å². The average Bonchev–Trinajstić information content (AvgIpc) is 2.42. The number of ketones is 1. The Hall–Kier alpha value is -1.82. The normalized spacial score (nSPS) is 10.8. The molecule has 4 nitrogen and oxygen atoms in total. The van der Waals surface area contributed by atoms with Crippen LogP contribution >= 0.6 is 0 Å². The van der Waals surface area contributed by atoms with E-state index in [-0.39, 0.29) is 24.6 Å². The molecule has 0 atom stereocenters. The van der Waals surface area contributed by atoms with E-state index in [4.69, 9.17) is 0 Å². The lowest BCUT2D eigenvalue weighted by Crippen LogP contribution is -2.40. The molecule has 0 unspecified atom stereocenters. The van der Waals surface area contributed by atoms with E-state index in [0.717, 1.165) is 18.2 Å². The molecule has 0 N–H and O–H groups in total. The van der Waals surface area contributed by atoms with Crippen molar-refractivity contribution in [2.75, 3.05) is 33.2 Å². The van der Waals surface area contributed by atoms with Crippen molar-refractivity contribution in [3.63, 3.8) is 0 Å². The zero-order valence-electron chi connectivity index (χ0n) is 12.5. The molecule has 6 heteroatoms. The van der Waals surface area contributed by atoms with E-state index in [9.17, 15) is 18.4 Å². The van der Waals surface area contributed by atoms with E-state index in [2.05, 4.69) is 0 Å². The van der Waals surface area contributed by atoms with Crippen molar-refractivity contribution in [3.05, 3.63) is 35.4 Å². The van der Waals surface area contributed by atoms with Gasteiger partial charge in [0.15, 0.2) is 5.78 Å². The van der Waals surface area contributed by atoms with Crippen LogP contribution < -0.4 is 0 Å². The minimum atomic E-state index is -0.759. The largest absolute Gasteiger partial charge is 0.342 e. The standard InChI is InChI=1S/C15H20F2N2O2/c1-4-19(5-2)15(21)10-18(3)9-14(20)12-8-11(16)6-7-13(12)17/h6-8H,4-5,9-10H2,1-3H3. The molecule has 1 aromatic carbocycles. The second kappa shape index (κ2) is 7.83. The maximum atomic E-state index is 13.5. The molecule has 0 bridgehead atoms. The summed E-state index contributed by atoms with van der Waals surface area (Å²) in [6.07, 6.45) is 0. The van der Waals surface area contributed by atoms with Crippen LogP contribution in [0.2, 0.25) is 0 Å². The molecule has 0 saturated carbocycles. The van der Waals surface area contributed by atoms with Gasteiger partial charge in [0.2, 0.25) is 5.91 Å². The summed E-state index contributed by atoms with van der Waals surface area (Å²) >= 11 is 0. The molecule has 0 fully saturated rings. The second-order valence-corrected chi connectivity index (χ2v) is 4.79. The molecule has 1 aromatic rings.